The van der Waals surface area contributed by atoms with Crippen LogP contribution >= 0.6 is 0 Å². The molecule has 0 aliphatic rings. The zero-order valence-corrected chi connectivity index (χ0v) is 16.0. The molecule has 0 spiro atoms. The molecule has 7 nitrogen and oxygen atoms in total. The minimum atomic E-state index is -0.663. The van der Waals surface area contributed by atoms with Crippen molar-refractivity contribution in [2.75, 3.05) is 19.8 Å². The molecular formula is C22H21NO6. The Balaban J connectivity index is 1.49. The molecule has 1 heterocycles. The van der Waals surface area contributed by atoms with E-state index in [0.29, 0.717) is 24.4 Å². The molecule has 0 bridgehead atoms. The lowest BCUT2D eigenvalue weighted by Crippen LogP contribution is -2.34. The number of nitrogens with zero attached hydrogens (tertiary/aromatic N) is 1. The third-order valence-electron chi connectivity index (χ3n) is 4.26. The van der Waals surface area contributed by atoms with Gasteiger partial charge in [0.2, 0.25) is 0 Å². The molecule has 0 saturated carbocycles. The second-order valence-electron chi connectivity index (χ2n) is 6.30. The maximum atomic E-state index is 12.3. The lowest BCUT2D eigenvalue weighted by atomic mass is 10.2. The minimum absolute atomic E-state index is 0.280. The van der Waals surface area contributed by atoms with Crippen molar-refractivity contribution in [2.24, 2.45) is 0 Å². The predicted octanol–water partition coefficient (Wildman–Crippen LogP) is 2.76. The van der Waals surface area contributed by atoms with E-state index in [0.717, 1.165) is 10.9 Å². The van der Waals surface area contributed by atoms with Gasteiger partial charge in [-0.2, -0.15) is 0 Å². The molecule has 2 aromatic carbocycles. The van der Waals surface area contributed by atoms with Crippen LogP contribution in [0.25, 0.3) is 11.0 Å². The Hall–Kier alpha value is -3.61. The largest absolute Gasteiger partial charge is 0.482 e. The van der Waals surface area contributed by atoms with E-state index in [2.05, 4.69) is 0 Å². The lowest BCUT2D eigenvalue weighted by molar-refractivity contribution is -0.153. The van der Waals surface area contributed by atoms with Crippen LogP contribution in [0.15, 0.2) is 69.9 Å². The minimum Gasteiger partial charge on any atom is -0.482 e. The lowest BCUT2D eigenvalue weighted by Gasteiger charge is -2.20. The second-order valence-corrected chi connectivity index (χ2v) is 6.30. The van der Waals surface area contributed by atoms with Gasteiger partial charge in [0.15, 0.2) is 13.2 Å². The van der Waals surface area contributed by atoms with Gasteiger partial charge < -0.3 is 18.8 Å². The van der Waals surface area contributed by atoms with Crippen LogP contribution in [0.5, 0.6) is 5.75 Å². The number of hydrogen-bond donors (Lipinski definition) is 0. The molecule has 0 fully saturated rings. The van der Waals surface area contributed by atoms with Gasteiger partial charge in [-0.25, -0.2) is 9.59 Å². The Morgan fingerprint density at radius 2 is 1.76 bits per heavy atom. The zero-order chi connectivity index (χ0) is 20.6. The van der Waals surface area contributed by atoms with Crippen LogP contribution in [0.2, 0.25) is 0 Å². The molecule has 7 heteroatoms. The van der Waals surface area contributed by atoms with Crippen molar-refractivity contribution < 1.29 is 23.5 Å². The summed E-state index contributed by atoms with van der Waals surface area (Å²) in [7, 11) is 0. The van der Waals surface area contributed by atoms with Gasteiger partial charge in [0.25, 0.3) is 5.91 Å². The van der Waals surface area contributed by atoms with Crippen molar-refractivity contribution in [3.05, 3.63) is 76.6 Å². The maximum absolute atomic E-state index is 12.3. The third-order valence-corrected chi connectivity index (χ3v) is 4.26. The Morgan fingerprint density at radius 3 is 2.52 bits per heavy atom. The number of rotatable bonds is 8. The predicted molar refractivity (Wildman–Crippen MR) is 106 cm³/mol. The van der Waals surface area contributed by atoms with Crippen molar-refractivity contribution in [3.63, 3.8) is 0 Å². The molecule has 1 amide bonds. The van der Waals surface area contributed by atoms with Crippen LogP contribution in [0.3, 0.4) is 0 Å². The summed E-state index contributed by atoms with van der Waals surface area (Å²) in [6, 6.07) is 17.4. The molecular weight excluding hydrogens is 374 g/mol. The smallest absolute Gasteiger partial charge is 0.344 e. The molecule has 3 aromatic rings. The summed E-state index contributed by atoms with van der Waals surface area (Å²) >= 11 is 0. The number of hydrogen-bond acceptors (Lipinski definition) is 6. The first-order valence-electron chi connectivity index (χ1n) is 9.19. The van der Waals surface area contributed by atoms with Crippen molar-refractivity contribution in [1.82, 2.24) is 4.90 Å². The Labute approximate surface area is 167 Å². The number of fused-ring (bicyclic) bond motifs is 1. The van der Waals surface area contributed by atoms with Gasteiger partial charge >= 0.3 is 11.6 Å². The molecule has 0 unspecified atom stereocenters. The number of esters is 1. The molecule has 150 valence electrons. The van der Waals surface area contributed by atoms with Gasteiger partial charge in [-0.05, 0) is 30.7 Å². The van der Waals surface area contributed by atoms with E-state index in [-0.39, 0.29) is 19.1 Å². The Kier molecular flexibility index (Phi) is 6.63. The summed E-state index contributed by atoms with van der Waals surface area (Å²) in [4.78, 5) is 37.1. The van der Waals surface area contributed by atoms with Gasteiger partial charge in [-0.1, -0.05) is 30.3 Å². The molecule has 0 radical (unpaired) electrons. The molecule has 0 aliphatic heterocycles. The summed E-state index contributed by atoms with van der Waals surface area (Å²) in [5, 5.41) is 0.739. The van der Waals surface area contributed by atoms with Crippen molar-refractivity contribution in [1.29, 1.82) is 0 Å². The van der Waals surface area contributed by atoms with Crippen LogP contribution in [-0.4, -0.2) is 36.5 Å². The highest BCUT2D eigenvalue weighted by Crippen LogP contribution is 2.19. The highest BCUT2D eigenvalue weighted by molar-refractivity contribution is 5.81. The van der Waals surface area contributed by atoms with E-state index < -0.39 is 11.6 Å². The van der Waals surface area contributed by atoms with Crippen LogP contribution in [0, 0.1) is 0 Å². The zero-order valence-electron chi connectivity index (χ0n) is 16.0. The van der Waals surface area contributed by atoms with E-state index in [9.17, 15) is 14.4 Å². The van der Waals surface area contributed by atoms with E-state index in [1.807, 2.05) is 37.3 Å². The average molecular weight is 395 g/mol. The molecule has 1 aromatic heterocycles. The van der Waals surface area contributed by atoms with Crippen LogP contribution in [-0.2, 0) is 20.9 Å². The number of amides is 1. The van der Waals surface area contributed by atoms with E-state index in [4.69, 9.17) is 13.9 Å². The summed E-state index contributed by atoms with van der Waals surface area (Å²) in [6.45, 7) is 2.11. The maximum Gasteiger partial charge on any atom is 0.344 e. The first-order chi connectivity index (χ1) is 14.0. The van der Waals surface area contributed by atoms with Gasteiger partial charge in [0, 0.05) is 30.6 Å². The van der Waals surface area contributed by atoms with Crippen molar-refractivity contribution in [2.45, 2.75) is 13.5 Å². The topological polar surface area (TPSA) is 86.0 Å². The van der Waals surface area contributed by atoms with Gasteiger partial charge in [-0.15, -0.1) is 0 Å². The van der Waals surface area contributed by atoms with Crippen molar-refractivity contribution in [3.8, 4) is 5.75 Å². The summed E-state index contributed by atoms with van der Waals surface area (Å²) < 4.78 is 15.5. The molecule has 3 rings (SSSR count). The molecule has 0 atom stereocenters. The second kappa shape index (κ2) is 9.54. The SMILES string of the molecule is CCN(Cc1ccccc1)C(=O)COC(=O)COc1ccc2ccc(=O)oc2c1. The van der Waals surface area contributed by atoms with Crippen LogP contribution in [0.1, 0.15) is 12.5 Å². The quantitative estimate of drug-likeness (QED) is 0.431. The first kappa shape index (κ1) is 20.1. The fourth-order valence-electron chi connectivity index (χ4n) is 2.73. The molecule has 0 N–H and O–H groups in total. The molecule has 29 heavy (non-hydrogen) atoms. The fourth-order valence-corrected chi connectivity index (χ4v) is 2.73. The average Bonchev–Trinajstić information content (AvgIpc) is 2.74. The first-order valence-corrected chi connectivity index (χ1v) is 9.19. The number of carbonyl (C=O) groups is 2. The van der Waals surface area contributed by atoms with Crippen LogP contribution < -0.4 is 10.4 Å². The van der Waals surface area contributed by atoms with Gasteiger partial charge in [-0.3, -0.25) is 4.79 Å². The van der Waals surface area contributed by atoms with Crippen LogP contribution in [0.4, 0.5) is 0 Å². The summed E-state index contributed by atoms with van der Waals surface area (Å²) in [5.74, 6) is -0.588. The number of likely N-dealkylation sites (N-methyl/N-ethyl adjacent to an activating group) is 1. The Morgan fingerprint density at radius 1 is 1.00 bits per heavy atom. The number of carbonyl (C=O) groups excluding carboxylic acids is 2. The summed E-state index contributed by atoms with van der Waals surface area (Å²) in [5.41, 5.74) is 0.891. The number of ether oxygens (including phenoxy) is 2. The monoisotopic (exact) mass is 395 g/mol. The van der Waals surface area contributed by atoms with Gasteiger partial charge in [0.05, 0.1) is 0 Å². The van der Waals surface area contributed by atoms with Crippen molar-refractivity contribution >= 4 is 22.8 Å². The fraction of sp³-hybridized carbons (Fsp3) is 0.227. The highest BCUT2D eigenvalue weighted by Gasteiger charge is 2.15. The Bertz CT molecular complexity index is 1040. The van der Waals surface area contributed by atoms with E-state index in [1.165, 1.54) is 12.1 Å². The van der Waals surface area contributed by atoms with E-state index >= 15 is 0 Å². The number of benzene rings is 2. The van der Waals surface area contributed by atoms with E-state index in [1.54, 1.807) is 23.1 Å². The third kappa shape index (κ3) is 5.68. The molecule has 0 aliphatic carbocycles. The molecule has 0 saturated heterocycles. The normalized spacial score (nSPS) is 10.5. The van der Waals surface area contributed by atoms with Gasteiger partial charge in [0.1, 0.15) is 11.3 Å². The standard InChI is InChI=1S/C22H21NO6/c1-2-23(13-16-6-4-3-5-7-16)20(24)14-28-22(26)15-27-18-10-8-17-9-11-21(25)29-19(17)12-18/h3-12H,2,13-15H2,1H3. The highest BCUT2D eigenvalue weighted by atomic mass is 16.6. The summed E-state index contributed by atoms with van der Waals surface area (Å²) in [6.07, 6.45) is 0.